The Kier molecular flexibility index (Phi) is 8.55. The van der Waals surface area contributed by atoms with Crippen molar-refractivity contribution >= 4 is 34.1 Å². The molecule has 0 aliphatic rings. The van der Waals surface area contributed by atoms with Crippen LogP contribution in [0.2, 0.25) is 0 Å². The molecule has 0 atom stereocenters. The van der Waals surface area contributed by atoms with Crippen molar-refractivity contribution in [3.8, 4) is 45.5 Å². The molecule has 2 aromatic heterocycles. The monoisotopic (exact) mass is 562 g/mol. The van der Waals surface area contributed by atoms with Gasteiger partial charge in [0.1, 0.15) is 16.8 Å². The minimum absolute atomic E-state index is 0.134. The fourth-order valence-corrected chi connectivity index (χ4v) is 5.78. The van der Waals surface area contributed by atoms with Crippen LogP contribution in [0.4, 0.5) is 5.13 Å². The highest BCUT2D eigenvalue weighted by atomic mass is 32.2. The Balaban J connectivity index is 1.35. The number of benzene rings is 3. The number of methoxy groups -OCH3 is 1. The minimum atomic E-state index is -0.134. The molecule has 0 bridgehead atoms. The fourth-order valence-electron chi connectivity index (χ4n) is 4.10. The van der Waals surface area contributed by atoms with E-state index >= 15 is 0 Å². The average Bonchev–Trinajstić information content (AvgIpc) is 3.46. The molecule has 3 aromatic carbocycles. The summed E-state index contributed by atoms with van der Waals surface area (Å²) >= 11 is 2.80. The lowest BCUT2D eigenvalue weighted by Gasteiger charge is -2.13. The maximum Gasteiger partial charge on any atom is 0.226 e. The van der Waals surface area contributed by atoms with Crippen molar-refractivity contribution in [2.45, 2.75) is 18.4 Å². The quantitative estimate of drug-likeness (QED) is 0.184. The van der Waals surface area contributed by atoms with Crippen LogP contribution >= 0.6 is 23.1 Å². The largest absolute Gasteiger partial charge is 0.497 e. The summed E-state index contributed by atoms with van der Waals surface area (Å²) in [6.45, 7) is 2.03. The smallest absolute Gasteiger partial charge is 0.226 e. The Labute approximate surface area is 241 Å². The second-order valence-electron chi connectivity index (χ2n) is 8.99. The number of rotatable bonds is 9. The van der Waals surface area contributed by atoms with Gasteiger partial charge in [0.2, 0.25) is 5.91 Å². The molecule has 198 valence electrons. The first kappa shape index (κ1) is 27.1. The van der Waals surface area contributed by atoms with E-state index in [0.717, 1.165) is 45.0 Å². The van der Waals surface area contributed by atoms with Gasteiger partial charge in [0.15, 0.2) is 5.13 Å². The maximum atomic E-state index is 12.7. The summed E-state index contributed by atoms with van der Waals surface area (Å²) in [6.07, 6.45) is 0.254. The van der Waals surface area contributed by atoms with Crippen LogP contribution in [-0.2, 0) is 4.79 Å². The number of aromatic nitrogens is 2. The van der Waals surface area contributed by atoms with Crippen molar-refractivity contribution in [1.29, 1.82) is 5.26 Å². The molecule has 5 rings (SSSR count). The second kappa shape index (κ2) is 12.6. The van der Waals surface area contributed by atoms with Gasteiger partial charge in [0.05, 0.1) is 24.1 Å². The van der Waals surface area contributed by atoms with E-state index in [2.05, 4.69) is 16.4 Å². The predicted molar refractivity (Wildman–Crippen MR) is 163 cm³/mol. The third-order valence-corrected chi connectivity index (χ3v) is 7.97. The van der Waals surface area contributed by atoms with Gasteiger partial charge in [-0.2, -0.15) is 5.26 Å². The molecule has 0 saturated heterocycles. The molecule has 1 N–H and O–H groups in total. The summed E-state index contributed by atoms with van der Waals surface area (Å²) in [5.74, 6) is 1.09. The Hall–Kier alpha value is -4.45. The molecule has 5 aromatic rings. The number of hydrogen-bond donors (Lipinski definition) is 1. The van der Waals surface area contributed by atoms with E-state index in [1.807, 2.05) is 97.2 Å². The zero-order valence-electron chi connectivity index (χ0n) is 22.0. The lowest BCUT2D eigenvalue weighted by Crippen LogP contribution is -2.12. The normalized spacial score (nSPS) is 10.6. The standard InChI is InChI=1S/C32H26N4O2S2/c1-21-8-10-22(11-9-21)26-18-28(24-12-14-25(38-2)15-13-24)34-31(27(26)19-33)39-17-16-30(37)36-32-35-29(20-40-32)23-6-4-3-5-7-23/h3-15,18,20H,16-17H2,1-2H3,(H,35,36,37). The Bertz CT molecular complexity index is 1660. The Morgan fingerprint density at radius 1 is 0.950 bits per heavy atom. The van der Waals surface area contributed by atoms with Gasteiger partial charge in [-0.1, -0.05) is 60.2 Å². The molecule has 40 heavy (non-hydrogen) atoms. The Morgan fingerprint density at radius 3 is 2.35 bits per heavy atom. The van der Waals surface area contributed by atoms with Crippen molar-refractivity contribution in [2.24, 2.45) is 0 Å². The number of thiazole rings is 1. The molecule has 0 saturated carbocycles. The third kappa shape index (κ3) is 6.40. The molecule has 0 radical (unpaired) electrons. The van der Waals surface area contributed by atoms with E-state index in [-0.39, 0.29) is 12.3 Å². The molecular formula is C32H26N4O2S2. The number of amides is 1. The van der Waals surface area contributed by atoms with Crippen LogP contribution in [0.1, 0.15) is 17.5 Å². The average molecular weight is 563 g/mol. The van der Waals surface area contributed by atoms with Gasteiger partial charge < -0.3 is 10.1 Å². The van der Waals surface area contributed by atoms with Gasteiger partial charge in [-0.15, -0.1) is 23.1 Å². The molecule has 6 nitrogen and oxygen atoms in total. The SMILES string of the molecule is COc1ccc(-c2cc(-c3ccc(C)cc3)c(C#N)c(SCCC(=O)Nc3nc(-c4ccccc4)cs3)n2)cc1. The van der Waals surface area contributed by atoms with Crippen LogP contribution in [0.3, 0.4) is 0 Å². The van der Waals surface area contributed by atoms with E-state index in [1.54, 1.807) is 7.11 Å². The van der Waals surface area contributed by atoms with Crippen LogP contribution < -0.4 is 10.1 Å². The maximum absolute atomic E-state index is 12.7. The number of nitrogens with one attached hydrogen (secondary N) is 1. The van der Waals surface area contributed by atoms with Gasteiger partial charge in [-0.25, -0.2) is 9.97 Å². The Morgan fingerprint density at radius 2 is 1.65 bits per heavy atom. The first-order chi connectivity index (χ1) is 19.5. The van der Waals surface area contributed by atoms with Crippen molar-refractivity contribution in [3.63, 3.8) is 0 Å². The van der Waals surface area contributed by atoms with Crippen LogP contribution in [0, 0.1) is 18.3 Å². The van der Waals surface area contributed by atoms with Crippen molar-refractivity contribution < 1.29 is 9.53 Å². The molecule has 0 fully saturated rings. The van der Waals surface area contributed by atoms with E-state index in [9.17, 15) is 10.1 Å². The third-order valence-electron chi connectivity index (χ3n) is 6.23. The molecule has 0 aliphatic heterocycles. The number of carbonyl (C=O) groups is 1. The van der Waals surface area contributed by atoms with E-state index in [0.29, 0.717) is 21.5 Å². The van der Waals surface area contributed by atoms with E-state index < -0.39 is 0 Å². The van der Waals surface area contributed by atoms with Crippen molar-refractivity contribution in [2.75, 3.05) is 18.2 Å². The summed E-state index contributed by atoms with van der Waals surface area (Å²) < 4.78 is 5.30. The first-order valence-electron chi connectivity index (χ1n) is 12.6. The molecular weight excluding hydrogens is 537 g/mol. The summed E-state index contributed by atoms with van der Waals surface area (Å²) in [5.41, 5.74) is 6.89. The fraction of sp³-hybridized carbons (Fsp3) is 0.125. The number of pyridine rings is 1. The number of hydrogen-bond acceptors (Lipinski definition) is 7. The van der Waals surface area contributed by atoms with Gasteiger partial charge in [0, 0.05) is 34.2 Å². The van der Waals surface area contributed by atoms with Gasteiger partial charge in [-0.3, -0.25) is 4.79 Å². The second-order valence-corrected chi connectivity index (χ2v) is 10.9. The van der Waals surface area contributed by atoms with Gasteiger partial charge in [0.25, 0.3) is 0 Å². The lowest BCUT2D eigenvalue weighted by molar-refractivity contribution is -0.115. The number of carbonyl (C=O) groups excluding carboxylic acids is 1. The summed E-state index contributed by atoms with van der Waals surface area (Å²) in [6, 6.07) is 29.9. The molecule has 0 spiro atoms. The highest BCUT2D eigenvalue weighted by Crippen LogP contribution is 2.35. The molecule has 2 heterocycles. The van der Waals surface area contributed by atoms with Crippen LogP contribution in [-0.4, -0.2) is 28.7 Å². The van der Waals surface area contributed by atoms with Crippen molar-refractivity contribution in [1.82, 2.24) is 9.97 Å². The summed E-state index contributed by atoms with van der Waals surface area (Å²) in [7, 11) is 1.63. The predicted octanol–water partition coefficient (Wildman–Crippen LogP) is 7.85. The molecule has 0 aliphatic carbocycles. The van der Waals surface area contributed by atoms with Crippen LogP contribution in [0.25, 0.3) is 33.6 Å². The van der Waals surface area contributed by atoms with Gasteiger partial charge in [-0.05, 0) is 42.8 Å². The number of ether oxygens (including phenoxy) is 1. The number of nitriles is 1. The summed E-state index contributed by atoms with van der Waals surface area (Å²) in [4.78, 5) is 22.1. The van der Waals surface area contributed by atoms with E-state index in [1.165, 1.54) is 23.1 Å². The molecule has 0 unspecified atom stereocenters. The molecule has 1 amide bonds. The summed E-state index contributed by atoms with van der Waals surface area (Å²) in [5, 5.41) is 16.1. The molecule has 8 heteroatoms. The number of thioether (sulfide) groups is 1. The number of anilines is 1. The van der Waals surface area contributed by atoms with E-state index in [4.69, 9.17) is 9.72 Å². The topological polar surface area (TPSA) is 87.9 Å². The minimum Gasteiger partial charge on any atom is -0.497 e. The van der Waals surface area contributed by atoms with Crippen LogP contribution in [0.15, 0.2) is 95.3 Å². The lowest BCUT2D eigenvalue weighted by atomic mass is 9.98. The highest BCUT2D eigenvalue weighted by Gasteiger charge is 2.17. The zero-order chi connectivity index (χ0) is 27.9. The van der Waals surface area contributed by atoms with Crippen molar-refractivity contribution in [3.05, 3.63) is 101 Å². The number of nitrogens with zero attached hydrogens (tertiary/aromatic N) is 3. The van der Waals surface area contributed by atoms with Crippen LogP contribution in [0.5, 0.6) is 5.75 Å². The van der Waals surface area contributed by atoms with Gasteiger partial charge >= 0.3 is 0 Å². The highest BCUT2D eigenvalue weighted by molar-refractivity contribution is 7.99. The number of aryl methyl sites for hydroxylation is 1. The first-order valence-corrected chi connectivity index (χ1v) is 14.5. The zero-order valence-corrected chi connectivity index (χ0v) is 23.7.